The Hall–Kier alpha value is -1.50. The number of aromatic nitrogens is 4. The normalized spacial score (nSPS) is 10.6. The summed E-state index contributed by atoms with van der Waals surface area (Å²) in [5, 5.41) is 23.1. The number of carboxylic acid groups (broad SMARTS) is 1. The summed E-state index contributed by atoms with van der Waals surface area (Å²) < 4.78 is 1.79. The molecule has 0 fully saturated rings. The molecule has 0 radical (unpaired) electrons. The van der Waals surface area contributed by atoms with Crippen LogP contribution in [-0.2, 0) is 17.9 Å². The average molecular weight is 241 g/mol. The van der Waals surface area contributed by atoms with E-state index >= 15 is 0 Å². The van der Waals surface area contributed by atoms with Crippen molar-refractivity contribution in [2.75, 3.05) is 6.54 Å². The Morgan fingerprint density at radius 2 is 2.29 bits per heavy atom. The first-order chi connectivity index (χ1) is 8.24. The van der Waals surface area contributed by atoms with E-state index in [0.717, 1.165) is 25.2 Å². The van der Waals surface area contributed by atoms with Crippen molar-refractivity contribution in [2.45, 2.75) is 45.7 Å². The van der Waals surface area contributed by atoms with Crippen LogP contribution in [0.4, 0.5) is 0 Å². The van der Waals surface area contributed by atoms with Gasteiger partial charge in [-0.15, -0.1) is 5.10 Å². The van der Waals surface area contributed by atoms with Crippen LogP contribution in [0.2, 0.25) is 0 Å². The minimum atomic E-state index is -0.764. The Balaban J connectivity index is 2.21. The molecule has 1 rings (SSSR count). The van der Waals surface area contributed by atoms with Gasteiger partial charge in [-0.05, 0) is 29.8 Å². The lowest BCUT2D eigenvalue weighted by atomic mass is 10.3. The quantitative estimate of drug-likeness (QED) is 0.609. The smallest absolute Gasteiger partial charge is 0.303 e. The van der Waals surface area contributed by atoms with Crippen molar-refractivity contribution in [3.8, 4) is 0 Å². The van der Waals surface area contributed by atoms with Crippen molar-refractivity contribution in [1.82, 2.24) is 25.5 Å². The molecular weight excluding hydrogens is 222 g/mol. The molecule has 0 amide bonds. The molecule has 17 heavy (non-hydrogen) atoms. The van der Waals surface area contributed by atoms with E-state index in [2.05, 4.69) is 27.8 Å². The van der Waals surface area contributed by atoms with E-state index in [9.17, 15) is 4.79 Å². The SMILES string of the molecule is CCCCn1nnnc1CNCCCC(=O)O. The van der Waals surface area contributed by atoms with Gasteiger partial charge in [-0.2, -0.15) is 0 Å². The summed E-state index contributed by atoms with van der Waals surface area (Å²) in [6.07, 6.45) is 2.96. The van der Waals surface area contributed by atoms with Gasteiger partial charge in [-0.1, -0.05) is 13.3 Å². The predicted molar refractivity (Wildman–Crippen MR) is 61.3 cm³/mol. The molecule has 2 N–H and O–H groups in total. The Morgan fingerprint density at radius 1 is 1.47 bits per heavy atom. The maximum absolute atomic E-state index is 10.3. The first kappa shape index (κ1) is 13.6. The fourth-order valence-corrected chi connectivity index (χ4v) is 1.40. The molecule has 1 aromatic rings. The Kier molecular flexibility index (Phi) is 6.16. The molecule has 0 saturated carbocycles. The van der Waals surface area contributed by atoms with Gasteiger partial charge in [0, 0.05) is 13.0 Å². The van der Waals surface area contributed by atoms with E-state index in [1.807, 2.05) is 0 Å². The van der Waals surface area contributed by atoms with Crippen molar-refractivity contribution in [3.05, 3.63) is 5.82 Å². The van der Waals surface area contributed by atoms with Gasteiger partial charge in [0.2, 0.25) is 0 Å². The van der Waals surface area contributed by atoms with E-state index in [4.69, 9.17) is 5.11 Å². The second-order valence-corrected chi connectivity index (χ2v) is 3.85. The van der Waals surface area contributed by atoms with Gasteiger partial charge in [0.15, 0.2) is 5.82 Å². The highest BCUT2D eigenvalue weighted by Crippen LogP contribution is 1.97. The number of tetrazole rings is 1. The summed E-state index contributed by atoms with van der Waals surface area (Å²) in [6, 6.07) is 0. The molecule has 96 valence electrons. The number of nitrogens with one attached hydrogen (secondary N) is 1. The van der Waals surface area contributed by atoms with Crippen LogP contribution in [0.3, 0.4) is 0 Å². The monoisotopic (exact) mass is 241 g/mol. The van der Waals surface area contributed by atoms with Gasteiger partial charge in [-0.25, -0.2) is 4.68 Å². The lowest BCUT2D eigenvalue weighted by molar-refractivity contribution is -0.137. The number of aryl methyl sites for hydroxylation is 1. The number of aliphatic carboxylic acids is 1. The topological polar surface area (TPSA) is 92.9 Å². The number of hydrogen-bond donors (Lipinski definition) is 2. The van der Waals surface area contributed by atoms with Crippen molar-refractivity contribution in [1.29, 1.82) is 0 Å². The van der Waals surface area contributed by atoms with Crippen molar-refractivity contribution >= 4 is 5.97 Å². The lowest BCUT2D eigenvalue weighted by Crippen LogP contribution is -2.19. The van der Waals surface area contributed by atoms with Crippen molar-refractivity contribution < 1.29 is 9.90 Å². The van der Waals surface area contributed by atoms with Crippen LogP contribution in [0.15, 0.2) is 0 Å². The zero-order valence-corrected chi connectivity index (χ0v) is 10.1. The third-order valence-corrected chi connectivity index (χ3v) is 2.36. The summed E-state index contributed by atoms with van der Waals surface area (Å²) in [6.45, 7) is 4.19. The summed E-state index contributed by atoms with van der Waals surface area (Å²) in [7, 11) is 0. The molecule has 1 aromatic heterocycles. The molecule has 1 heterocycles. The van der Waals surface area contributed by atoms with E-state index < -0.39 is 5.97 Å². The second kappa shape index (κ2) is 7.72. The van der Waals surface area contributed by atoms with E-state index in [0.29, 0.717) is 19.5 Å². The number of carbonyl (C=O) groups is 1. The fraction of sp³-hybridized carbons (Fsp3) is 0.800. The van der Waals surface area contributed by atoms with Gasteiger partial charge in [0.05, 0.1) is 6.54 Å². The first-order valence-electron chi connectivity index (χ1n) is 5.91. The van der Waals surface area contributed by atoms with E-state index in [-0.39, 0.29) is 6.42 Å². The summed E-state index contributed by atoms with van der Waals surface area (Å²) in [4.78, 5) is 10.3. The second-order valence-electron chi connectivity index (χ2n) is 3.85. The van der Waals surface area contributed by atoms with Crippen LogP contribution >= 0.6 is 0 Å². The van der Waals surface area contributed by atoms with Gasteiger partial charge < -0.3 is 10.4 Å². The standard InChI is InChI=1S/C10H19N5O2/c1-2-3-7-15-9(12-13-14-15)8-11-6-4-5-10(16)17/h11H,2-8H2,1H3,(H,16,17). The molecule has 0 aromatic carbocycles. The number of rotatable bonds is 9. The van der Waals surface area contributed by atoms with Gasteiger partial charge in [-0.3, -0.25) is 4.79 Å². The van der Waals surface area contributed by atoms with Gasteiger partial charge >= 0.3 is 5.97 Å². The maximum Gasteiger partial charge on any atom is 0.303 e. The molecule has 0 unspecified atom stereocenters. The van der Waals surface area contributed by atoms with E-state index in [1.165, 1.54) is 0 Å². The molecule has 0 spiro atoms. The van der Waals surface area contributed by atoms with Crippen molar-refractivity contribution in [2.24, 2.45) is 0 Å². The Morgan fingerprint density at radius 3 is 3.00 bits per heavy atom. The molecule has 0 aliphatic carbocycles. The summed E-state index contributed by atoms with van der Waals surface area (Å²) in [5.74, 6) is 0.0355. The van der Waals surface area contributed by atoms with Gasteiger partial charge in [0.25, 0.3) is 0 Å². The third kappa shape index (κ3) is 5.39. The molecule has 7 heteroatoms. The van der Waals surface area contributed by atoms with Crippen LogP contribution in [0, 0.1) is 0 Å². The zero-order valence-electron chi connectivity index (χ0n) is 10.1. The van der Waals surface area contributed by atoms with Crippen LogP contribution in [0.1, 0.15) is 38.4 Å². The minimum Gasteiger partial charge on any atom is -0.481 e. The zero-order chi connectivity index (χ0) is 12.5. The van der Waals surface area contributed by atoms with E-state index in [1.54, 1.807) is 4.68 Å². The van der Waals surface area contributed by atoms with Crippen LogP contribution in [-0.4, -0.2) is 37.8 Å². The molecule has 0 bridgehead atoms. The largest absolute Gasteiger partial charge is 0.481 e. The number of unbranched alkanes of at least 4 members (excludes halogenated alkanes) is 1. The third-order valence-electron chi connectivity index (χ3n) is 2.36. The van der Waals surface area contributed by atoms with Crippen LogP contribution in [0.25, 0.3) is 0 Å². The fourth-order valence-electron chi connectivity index (χ4n) is 1.40. The average Bonchev–Trinajstić information content (AvgIpc) is 2.73. The van der Waals surface area contributed by atoms with Gasteiger partial charge in [0.1, 0.15) is 0 Å². The molecule has 0 atom stereocenters. The number of nitrogens with zero attached hydrogens (tertiary/aromatic N) is 4. The summed E-state index contributed by atoms with van der Waals surface area (Å²) in [5.41, 5.74) is 0. The predicted octanol–water partition coefficient (Wildman–Crippen LogP) is 0.428. The number of carboxylic acids is 1. The highest BCUT2D eigenvalue weighted by molar-refractivity contribution is 5.66. The van der Waals surface area contributed by atoms with Crippen molar-refractivity contribution in [3.63, 3.8) is 0 Å². The Bertz CT molecular complexity index is 339. The molecule has 0 aliphatic heterocycles. The summed E-state index contributed by atoms with van der Waals surface area (Å²) >= 11 is 0. The molecule has 7 nitrogen and oxygen atoms in total. The lowest BCUT2D eigenvalue weighted by Gasteiger charge is -2.04. The maximum atomic E-state index is 10.3. The Labute approximate surface area is 100 Å². The molecular formula is C10H19N5O2. The highest BCUT2D eigenvalue weighted by atomic mass is 16.4. The van der Waals surface area contributed by atoms with Crippen LogP contribution in [0.5, 0.6) is 0 Å². The molecule has 0 aliphatic rings. The number of hydrogen-bond acceptors (Lipinski definition) is 5. The van der Waals surface area contributed by atoms with Crippen LogP contribution < -0.4 is 5.32 Å². The minimum absolute atomic E-state index is 0.188. The first-order valence-corrected chi connectivity index (χ1v) is 5.91. The highest BCUT2D eigenvalue weighted by Gasteiger charge is 2.04. The molecule has 0 saturated heterocycles.